The molecule has 0 unspecified atom stereocenters. The summed E-state index contributed by atoms with van der Waals surface area (Å²) in [7, 11) is 0. The van der Waals surface area contributed by atoms with E-state index in [-0.39, 0.29) is 11.8 Å². The Kier molecular flexibility index (Phi) is 2.39. The van der Waals surface area contributed by atoms with Crippen LogP contribution in [0, 0.1) is 0 Å². The van der Waals surface area contributed by atoms with Crippen molar-refractivity contribution in [3.63, 3.8) is 0 Å². The van der Waals surface area contributed by atoms with Gasteiger partial charge in [0.05, 0.1) is 0 Å². The minimum Gasteiger partial charge on any atom is -0.316 e. The van der Waals surface area contributed by atoms with Crippen LogP contribution >= 0.6 is 0 Å². The lowest BCUT2D eigenvalue weighted by Gasteiger charge is -2.09. The molecule has 4 heteroatoms. The zero-order valence-electron chi connectivity index (χ0n) is 5.64. The van der Waals surface area contributed by atoms with Crippen molar-refractivity contribution >= 4 is 11.8 Å². The van der Waals surface area contributed by atoms with Crippen LogP contribution in [-0.4, -0.2) is 24.9 Å². The molecule has 1 rings (SSSR count). The van der Waals surface area contributed by atoms with Crippen LogP contribution in [0.15, 0.2) is 0 Å². The Bertz CT molecular complexity index is 140. The number of carbonyl (C=O) groups is 2. The van der Waals surface area contributed by atoms with Gasteiger partial charge in [0, 0.05) is 25.9 Å². The van der Waals surface area contributed by atoms with Crippen molar-refractivity contribution in [3.8, 4) is 0 Å². The first-order valence-electron chi connectivity index (χ1n) is 3.32. The predicted octanol–water partition coefficient (Wildman–Crippen LogP) is -0.987. The molecule has 1 fully saturated rings. The zero-order chi connectivity index (χ0) is 7.40. The molecule has 0 aliphatic carbocycles. The number of carbonyl (C=O) groups excluding carboxylic acids is 2. The fourth-order valence-corrected chi connectivity index (χ4v) is 0.809. The summed E-state index contributed by atoms with van der Waals surface area (Å²) in [5.74, 6) is -0.366. The van der Waals surface area contributed by atoms with E-state index in [0.717, 1.165) is 0 Å². The third-order valence-electron chi connectivity index (χ3n) is 1.34. The molecule has 56 valence electrons. The van der Waals surface area contributed by atoms with Gasteiger partial charge < -0.3 is 5.32 Å². The van der Waals surface area contributed by atoms with E-state index < -0.39 is 0 Å². The summed E-state index contributed by atoms with van der Waals surface area (Å²) >= 11 is 0. The quantitative estimate of drug-likeness (QED) is 0.427. The lowest BCUT2D eigenvalue weighted by Crippen LogP contribution is -2.37. The molecule has 2 N–H and O–H groups in total. The van der Waals surface area contributed by atoms with Gasteiger partial charge in [0.2, 0.25) is 11.8 Å². The zero-order valence-corrected chi connectivity index (χ0v) is 5.64. The molecule has 0 aromatic heterocycles. The van der Waals surface area contributed by atoms with Crippen molar-refractivity contribution in [1.82, 2.24) is 10.6 Å². The maximum Gasteiger partial charge on any atom is 0.227 e. The van der Waals surface area contributed by atoms with Gasteiger partial charge in [-0.3, -0.25) is 14.9 Å². The van der Waals surface area contributed by atoms with E-state index in [0.29, 0.717) is 25.9 Å². The van der Waals surface area contributed by atoms with Gasteiger partial charge in [-0.2, -0.15) is 0 Å². The number of hydrogen-bond donors (Lipinski definition) is 2. The summed E-state index contributed by atoms with van der Waals surface area (Å²) in [5, 5.41) is 5.23. The van der Waals surface area contributed by atoms with E-state index in [2.05, 4.69) is 10.6 Å². The molecule has 0 bridgehead atoms. The highest BCUT2D eigenvalue weighted by molar-refractivity contribution is 5.95. The van der Waals surface area contributed by atoms with Crippen LogP contribution in [0.25, 0.3) is 0 Å². The standard InChI is InChI=1S/C6H10N2O2/c9-5-1-3-7-4-2-6(10)8-5/h7H,1-4H2,(H,8,9,10). The molecule has 0 atom stereocenters. The molecular weight excluding hydrogens is 132 g/mol. The van der Waals surface area contributed by atoms with Crippen LogP contribution in [0.2, 0.25) is 0 Å². The van der Waals surface area contributed by atoms with Gasteiger partial charge in [-0.05, 0) is 0 Å². The molecule has 4 nitrogen and oxygen atoms in total. The van der Waals surface area contributed by atoms with Gasteiger partial charge in [0.25, 0.3) is 0 Å². The second-order valence-corrected chi connectivity index (χ2v) is 2.22. The van der Waals surface area contributed by atoms with E-state index in [1.165, 1.54) is 0 Å². The minimum absolute atomic E-state index is 0.183. The molecule has 1 aliphatic rings. The van der Waals surface area contributed by atoms with Gasteiger partial charge in [-0.1, -0.05) is 0 Å². The number of hydrogen-bond acceptors (Lipinski definition) is 3. The smallest absolute Gasteiger partial charge is 0.227 e. The molecule has 0 radical (unpaired) electrons. The van der Waals surface area contributed by atoms with Crippen LogP contribution in [-0.2, 0) is 9.59 Å². The summed E-state index contributed by atoms with van der Waals surface area (Å²) < 4.78 is 0. The van der Waals surface area contributed by atoms with Crippen LogP contribution < -0.4 is 10.6 Å². The fourth-order valence-electron chi connectivity index (χ4n) is 0.809. The van der Waals surface area contributed by atoms with Crippen LogP contribution in [0.3, 0.4) is 0 Å². The van der Waals surface area contributed by atoms with Crippen LogP contribution in [0.1, 0.15) is 12.8 Å². The summed E-state index contributed by atoms with van der Waals surface area (Å²) in [6, 6.07) is 0. The third kappa shape index (κ3) is 2.14. The van der Waals surface area contributed by atoms with Gasteiger partial charge in [-0.25, -0.2) is 0 Å². The second kappa shape index (κ2) is 3.31. The number of amides is 2. The molecule has 2 amide bonds. The van der Waals surface area contributed by atoms with Crippen molar-refractivity contribution < 1.29 is 9.59 Å². The lowest BCUT2D eigenvalue weighted by molar-refractivity contribution is -0.130. The second-order valence-electron chi connectivity index (χ2n) is 2.22. The Labute approximate surface area is 59.0 Å². The SMILES string of the molecule is O=C1CCNCCC(=O)N1. The summed E-state index contributed by atoms with van der Waals surface area (Å²) in [5.41, 5.74) is 0. The number of nitrogens with one attached hydrogen (secondary N) is 2. The van der Waals surface area contributed by atoms with E-state index in [1.54, 1.807) is 0 Å². The molecule has 0 saturated carbocycles. The first kappa shape index (κ1) is 7.21. The summed E-state index contributed by atoms with van der Waals surface area (Å²) in [6.45, 7) is 1.33. The molecule has 0 spiro atoms. The van der Waals surface area contributed by atoms with E-state index in [9.17, 15) is 9.59 Å². The van der Waals surface area contributed by atoms with Gasteiger partial charge >= 0.3 is 0 Å². The Morgan fingerprint density at radius 3 is 2.00 bits per heavy atom. The minimum atomic E-state index is -0.183. The van der Waals surface area contributed by atoms with Crippen molar-refractivity contribution in [2.75, 3.05) is 13.1 Å². The molecule has 0 aromatic carbocycles. The number of imide groups is 1. The molecule has 10 heavy (non-hydrogen) atoms. The van der Waals surface area contributed by atoms with Gasteiger partial charge in [0.15, 0.2) is 0 Å². The Morgan fingerprint density at radius 2 is 1.50 bits per heavy atom. The van der Waals surface area contributed by atoms with Gasteiger partial charge in [-0.15, -0.1) is 0 Å². The van der Waals surface area contributed by atoms with Gasteiger partial charge in [0.1, 0.15) is 0 Å². The van der Waals surface area contributed by atoms with E-state index in [1.807, 2.05) is 0 Å². The first-order chi connectivity index (χ1) is 4.79. The first-order valence-corrected chi connectivity index (χ1v) is 3.32. The van der Waals surface area contributed by atoms with Crippen molar-refractivity contribution in [1.29, 1.82) is 0 Å². The highest BCUT2D eigenvalue weighted by Gasteiger charge is 2.09. The average molecular weight is 142 g/mol. The largest absolute Gasteiger partial charge is 0.316 e. The maximum absolute atomic E-state index is 10.7. The monoisotopic (exact) mass is 142 g/mol. The Balaban J connectivity index is 2.40. The molecule has 0 aromatic rings. The highest BCUT2D eigenvalue weighted by Crippen LogP contribution is 1.85. The van der Waals surface area contributed by atoms with Crippen molar-refractivity contribution in [3.05, 3.63) is 0 Å². The molecule has 1 heterocycles. The number of rotatable bonds is 0. The van der Waals surface area contributed by atoms with Crippen LogP contribution in [0.5, 0.6) is 0 Å². The molecule has 1 saturated heterocycles. The topological polar surface area (TPSA) is 58.2 Å². The Morgan fingerprint density at radius 1 is 1.00 bits per heavy atom. The predicted molar refractivity (Wildman–Crippen MR) is 35.3 cm³/mol. The lowest BCUT2D eigenvalue weighted by atomic mass is 10.3. The summed E-state index contributed by atoms with van der Waals surface area (Å²) in [6.07, 6.45) is 0.789. The average Bonchev–Trinajstić information content (AvgIpc) is 1.83. The summed E-state index contributed by atoms with van der Waals surface area (Å²) in [4.78, 5) is 21.3. The third-order valence-corrected chi connectivity index (χ3v) is 1.34. The highest BCUT2D eigenvalue weighted by atomic mass is 16.2. The fraction of sp³-hybridized carbons (Fsp3) is 0.667. The Hall–Kier alpha value is -0.900. The normalized spacial score (nSPS) is 21.2. The van der Waals surface area contributed by atoms with E-state index >= 15 is 0 Å². The molecular formula is C6H10N2O2. The van der Waals surface area contributed by atoms with E-state index in [4.69, 9.17) is 0 Å². The van der Waals surface area contributed by atoms with Crippen LogP contribution in [0.4, 0.5) is 0 Å². The van der Waals surface area contributed by atoms with Crippen molar-refractivity contribution in [2.45, 2.75) is 12.8 Å². The molecule has 1 aliphatic heterocycles. The van der Waals surface area contributed by atoms with Crippen molar-refractivity contribution in [2.24, 2.45) is 0 Å². The maximum atomic E-state index is 10.7.